The molecule has 1 aromatic heterocycles. The van der Waals surface area contributed by atoms with Crippen molar-refractivity contribution in [1.29, 1.82) is 10.7 Å². The van der Waals surface area contributed by atoms with Crippen LogP contribution in [0.15, 0.2) is 47.0 Å². The normalized spacial score (nSPS) is 12.9. The highest BCUT2D eigenvalue weighted by Crippen LogP contribution is 2.36. The van der Waals surface area contributed by atoms with Crippen LogP contribution in [0, 0.1) is 16.7 Å². The maximum atomic E-state index is 12.5. The average molecular weight is 516 g/mol. The van der Waals surface area contributed by atoms with E-state index in [1.807, 2.05) is 38.1 Å². The van der Waals surface area contributed by atoms with E-state index >= 15 is 0 Å². The van der Waals surface area contributed by atoms with Crippen LogP contribution in [0.4, 0.5) is 0 Å². The number of nitrogens with zero attached hydrogens (tertiary/aromatic N) is 3. The van der Waals surface area contributed by atoms with Crippen molar-refractivity contribution in [3.8, 4) is 34.7 Å². The number of nitrogens with one attached hydrogen (secondary N) is 2. The van der Waals surface area contributed by atoms with Gasteiger partial charge in [-0.25, -0.2) is 4.79 Å². The Hall–Kier alpha value is -4.69. The summed E-state index contributed by atoms with van der Waals surface area (Å²) in [5, 5.41) is 23.5. The largest absolute Gasteiger partial charge is 0.490 e. The van der Waals surface area contributed by atoms with Gasteiger partial charge in [-0.1, -0.05) is 23.4 Å². The summed E-state index contributed by atoms with van der Waals surface area (Å²) < 4.78 is 16.8. The number of nitriles is 1. The number of aromatic nitrogens is 2. The van der Waals surface area contributed by atoms with Crippen LogP contribution >= 0.6 is 0 Å². The molecule has 2 aromatic carbocycles. The topological polar surface area (TPSA) is 186 Å². The molecule has 1 aliphatic rings. The third kappa shape index (κ3) is 5.99. The van der Waals surface area contributed by atoms with Gasteiger partial charge in [0, 0.05) is 23.2 Å². The monoisotopic (exact) mass is 515 g/mol. The van der Waals surface area contributed by atoms with Crippen molar-refractivity contribution in [2.45, 2.75) is 45.3 Å². The van der Waals surface area contributed by atoms with Crippen LogP contribution in [-0.4, -0.2) is 40.8 Å². The fourth-order valence-electron chi connectivity index (χ4n) is 4.05. The molecule has 1 unspecified atom stereocenters. The molecule has 6 N–H and O–H groups in total. The van der Waals surface area contributed by atoms with Gasteiger partial charge in [0.2, 0.25) is 5.82 Å². The first-order valence-electron chi connectivity index (χ1n) is 12.2. The van der Waals surface area contributed by atoms with Crippen LogP contribution < -0.4 is 21.5 Å². The molecule has 0 saturated heterocycles. The maximum absolute atomic E-state index is 12.5. The lowest BCUT2D eigenvalue weighted by molar-refractivity contribution is -0.138. The predicted molar refractivity (Wildman–Crippen MR) is 141 cm³/mol. The second-order valence-corrected chi connectivity index (χ2v) is 9.03. The van der Waals surface area contributed by atoms with Crippen molar-refractivity contribution in [2.75, 3.05) is 6.54 Å². The molecule has 0 bridgehead atoms. The van der Waals surface area contributed by atoms with Gasteiger partial charge in [-0.05, 0) is 62.9 Å². The van der Waals surface area contributed by atoms with Gasteiger partial charge in [0.1, 0.15) is 23.6 Å². The Morgan fingerprint density at radius 1 is 1.29 bits per heavy atom. The first-order chi connectivity index (χ1) is 18.3. The van der Waals surface area contributed by atoms with Crippen molar-refractivity contribution in [1.82, 2.24) is 15.5 Å². The Morgan fingerprint density at radius 2 is 2.08 bits per heavy atom. The SMILES string of the molecule is CC(C)Oc1ccc(-c2nc(-c3cccc4c3CC=C4OC(=O)C(N)CCCNC(=N)N)no2)cc1C#N. The minimum Gasteiger partial charge on any atom is -0.490 e. The number of nitrogens with two attached hydrogens (primary N) is 2. The molecule has 1 atom stereocenters. The molecule has 11 heteroatoms. The Morgan fingerprint density at radius 3 is 2.82 bits per heavy atom. The fraction of sp³-hybridized carbons (Fsp3) is 0.296. The van der Waals surface area contributed by atoms with Gasteiger partial charge in [-0.3, -0.25) is 5.41 Å². The molecule has 1 aliphatic carbocycles. The number of esters is 1. The van der Waals surface area contributed by atoms with Gasteiger partial charge in [0.15, 0.2) is 5.96 Å². The fourth-order valence-corrected chi connectivity index (χ4v) is 4.05. The predicted octanol–water partition coefficient (Wildman–Crippen LogP) is 3.09. The first kappa shape index (κ1) is 26.4. The summed E-state index contributed by atoms with van der Waals surface area (Å²) in [4.78, 5) is 17.1. The molecule has 0 aliphatic heterocycles. The molecule has 0 spiro atoms. The van der Waals surface area contributed by atoms with Gasteiger partial charge in [0.25, 0.3) is 5.89 Å². The van der Waals surface area contributed by atoms with E-state index in [9.17, 15) is 10.1 Å². The summed E-state index contributed by atoms with van der Waals surface area (Å²) in [5.74, 6) is 0.929. The number of carbonyl (C=O) groups excluding carboxylic acids is 1. The van der Waals surface area contributed by atoms with Crippen LogP contribution in [0.25, 0.3) is 28.6 Å². The molecule has 38 heavy (non-hydrogen) atoms. The van der Waals surface area contributed by atoms with Gasteiger partial charge < -0.3 is 30.8 Å². The standard InChI is InChI=1S/C27H29N7O4/c1-15(2)36-22-10-8-16(13-17(22)14-28)25-33-24(34-38-25)20-6-3-5-19-18(20)9-11-23(19)37-26(35)21(29)7-4-12-32-27(30)31/h3,5-6,8,10-11,13,15,21H,4,7,9,12,29H2,1-2H3,(H4,30,31,32). The van der Waals surface area contributed by atoms with Crippen molar-refractivity contribution in [3.05, 3.63) is 59.2 Å². The molecule has 0 fully saturated rings. The number of rotatable bonds is 10. The highest BCUT2D eigenvalue weighted by atomic mass is 16.5. The Kier molecular flexibility index (Phi) is 8.03. The highest BCUT2D eigenvalue weighted by molar-refractivity contribution is 5.86. The molecule has 11 nitrogen and oxygen atoms in total. The quantitative estimate of drug-likeness (QED) is 0.135. The van der Waals surface area contributed by atoms with E-state index in [0.717, 1.165) is 16.7 Å². The summed E-state index contributed by atoms with van der Waals surface area (Å²) >= 11 is 0. The minimum absolute atomic E-state index is 0.0633. The summed E-state index contributed by atoms with van der Waals surface area (Å²) in [6.45, 7) is 4.24. The zero-order valence-corrected chi connectivity index (χ0v) is 21.2. The van der Waals surface area contributed by atoms with E-state index < -0.39 is 12.0 Å². The summed E-state index contributed by atoms with van der Waals surface area (Å²) in [6.07, 6.45) is 3.24. The lowest BCUT2D eigenvalue weighted by Gasteiger charge is -2.13. The van der Waals surface area contributed by atoms with Gasteiger partial charge in [0.05, 0.1) is 11.7 Å². The zero-order chi connectivity index (χ0) is 27.2. The van der Waals surface area contributed by atoms with Gasteiger partial charge in [-0.2, -0.15) is 10.2 Å². The van der Waals surface area contributed by atoms with Crippen LogP contribution in [0.2, 0.25) is 0 Å². The van der Waals surface area contributed by atoms with Crippen molar-refractivity contribution in [3.63, 3.8) is 0 Å². The minimum atomic E-state index is -0.799. The van der Waals surface area contributed by atoms with Crippen molar-refractivity contribution < 1.29 is 18.8 Å². The van der Waals surface area contributed by atoms with Crippen LogP contribution in [0.1, 0.15) is 43.4 Å². The highest BCUT2D eigenvalue weighted by Gasteiger charge is 2.25. The van der Waals surface area contributed by atoms with Crippen molar-refractivity contribution in [2.24, 2.45) is 11.5 Å². The number of benzene rings is 2. The molecule has 0 saturated carbocycles. The molecular weight excluding hydrogens is 486 g/mol. The molecule has 4 rings (SSSR count). The van der Waals surface area contributed by atoms with Gasteiger partial charge in [-0.15, -0.1) is 0 Å². The zero-order valence-electron chi connectivity index (χ0n) is 21.2. The summed E-state index contributed by atoms with van der Waals surface area (Å²) in [7, 11) is 0. The summed E-state index contributed by atoms with van der Waals surface area (Å²) in [6, 6.07) is 12.0. The number of fused-ring (bicyclic) bond motifs is 1. The number of hydrogen-bond donors (Lipinski definition) is 4. The second kappa shape index (κ2) is 11.6. The Labute approximate surface area is 219 Å². The van der Waals surface area contributed by atoms with E-state index in [1.54, 1.807) is 18.2 Å². The number of carbonyl (C=O) groups is 1. The number of guanidine groups is 1. The van der Waals surface area contributed by atoms with E-state index in [4.69, 9.17) is 30.9 Å². The average Bonchev–Trinajstić information content (AvgIpc) is 3.54. The maximum Gasteiger partial charge on any atom is 0.328 e. The third-order valence-corrected chi connectivity index (χ3v) is 5.83. The summed E-state index contributed by atoms with van der Waals surface area (Å²) in [5.41, 5.74) is 14.6. The molecule has 0 radical (unpaired) electrons. The number of ether oxygens (including phenoxy) is 2. The van der Waals surface area contributed by atoms with E-state index in [1.165, 1.54) is 0 Å². The second-order valence-electron chi connectivity index (χ2n) is 9.03. The first-order valence-corrected chi connectivity index (χ1v) is 12.2. The van der Waals surface area contributed by atoms with E-state index in [-0.39, 0.29) is 18.0 Å². The Balaban J connectivity index is 1.48. The molecule has 0 amide bonds. The third-order valence-electron chi connectivity index (χ3n) is 5.83. The van der Waals surface area contributed by atoms with E-state index in [2.05, 4.69) is 21.5 Å². The lowest BCUT2D eigenvalue weighted by Crippen LogP contribution is -2.35. The van der Waals surface area contributed by atoms with Crippen LogP contribution in [0.3, 0.4) is 0 Å². The smallest absolute Gasteiger partial charge is 0.328 e. The van der Waals surface area contributed by atoms with Crippen LogP contribution in [-0.2, 0) is 16.0 Å². The van der Waals surface area contributed by atoms with Gasteiger partial charge >= 0.3 is 5.97 Å². The molecule has 1 heterocycles. The van der Waals surface area contributed by atoms with Crippen molar-refractivity contribution >= 4 is 17.7 Å². The number of hydrogen-bond acceptors (Lipinski definition) is 9. The Bertz CT molecular complexity index is 1420. The molecule has 3 aromatic rings. The lowest BCUT2D eigenvalue weighted by atomic mass is 10.0. The number of allylic oxidation sites excluding steroid dienone is 1. The van der Waals surface area contributed by atoms with E-state index in [0.29, 0.717) is 54.3 Å². The van der Waals surface area contributed by atoms with Crippen LogP contribution in [0.5, 0.6) is 5.75 Å². The molecule has 196 valence electrons. The molecular formula is C27H29N7O4.